The van der Waals surface area contributed by atoms with Gasteiger partial charge in [-0.3, -0.25) is 14.6 Å². The average Bonchev–Trinajstić information content (AvgIpc) is 3.16. The Morgan fingerprint density at radius 3 is 2.61 bits per heavy atom. The van der Waals surface area contributed by atoms with E-state index in [2.05, 4.69) is 44.2 Å². The monoisotopic (exact) mass is 489 g/mol. The van der Waals surface area contributed by atoms with Crippen molar-refractivity contribution in [3.63, 3.8) is 0 Å². The first-order valence-electron chi connectivity index (χ1n) is 9.35. The van der Waals surface area contributed by atoms with Crippen molar-refractivity contribution in [1.82, 2.24) is 20.0 Å². The van der Waals surface area contributed by atoms with E-state index in [1.54, 1.807) is 24.0 Å². The van der Waals surface area contributed by atoms with Crippen LogP contribution in [-0.4, -0.2) is 53.5 Å². The van der Waals surface area contributed by atoms with Crippen LogP contribution in [0.1, 0.15) is 35.6 Å². The normalized spacial score (nSPS) is 11.0. The molecule has 0 spiro atoms. The van der Waals surface area contributed by atoms with Gasteiger partial charge in [-0.2, -0.15) is 5.10 Å². The second-order valence-corrected chi connectivity index (χ2v) is 7.05. The van der Waals surface area contributed by atoms with Gasteiger partial charge in [-0.1, -0.05) is 22.0 Å². The molecule has 0 aliphatic carbocycles. The second kappa shape index (κ2) is 13.1. The standard InChI is InChI=1S/C20H23BrFN5O2.C2H2/c1-4-17(11-23-3)27-18(8-14-6-15(21)9-16(22)7-14)10-19(25-27)20(29)26(5-2)12-24-13-28;1-2/h4,6-7,9-11,13H,5,8,12H2,1-3H3,(H,24,28);1-2H/b17-4+,23-11?;. The van der Waals surface area contributed by atoms with Crippen molar-refractivity contribution in [1.29, 1.82) is 0 Å². The molecule has 1 aromatic heterocycles. The van der Waals surface area contributed by atoms with Gasteiger partial charge in [0, 0.05) is 36.4 Å². The molecule has 31 heavy (non-hydrogen) atoms. The molecular formula is C22H25BrFN5O2. The van der Waals surface area contributed by atoms with Gasteiger partial charge in [0.1, 0.15) is 5.82 Å². The molecule has 2 amide bonds. The molecule has 0 aliphatic rings. The van der Waals surface area contributed by atoms with Crippen LogP contribution in [0.5, 0.6) is 0 Å². The first-order valence-corrected chi connectivity index (χ1v) is 10.1. The van der Waals surface area contributed by atoms with E-state index in [1.165, 1.54) is 17.0 Å². The predicted molar refractivity (Wildman–Crippen MR) is 124 cm³/mol. The predicted octanol–water partition coefficient (Wildman–Crippen LogP) is 3.35. The Kier molecular flexibility index (Phi) is 10.9. The molecule has 1 aromatic carbocycles. The molecule has 0 fully saturated rings. The number of benzene rings is 1. The number of hydrogen-bond donors (Lipinski definition) is 1. The van der Waals surface area contributed by atoms with E-state index in [-0.39, 0.29) is 24.1 Å². The molecule has 2 rings (SSSR count). The highest BCUT2D eigenvalue weighted by molar-refractivity contribution is 9.10. The largest absolute Gasteiger partial charge is 0.341 e. The van der Waals surface area contributed by atoms with Crippen LogP contribution in [0.15, 0.2) is 39.8 Å². The van der Waals surface area contributed by atoms with Gasteiger partial charge in [0.25, 0.3) is 5.91 Å². The molecule has 0 atom stereocenters. The Morgan fingerprint density at radius 1 is 1.35 bits per heavy atom. The van der Waals surface area contributed by atoms with E-state index in [4.69, 9.17) is 0 Å². The summed E-state index contributed by atoms with van der Waals surface area (Å²) in [7, 11) is 1.65. The summed E-state index contributed by atoms with van der Waals surface area (Å²) in [6.45, 7) is 4.15. The summed E-state index contributed by atoms with van der Waals surface area (Å²) < 4.78 is 16.1. The van der Waals surface area contributed by atoms with Gasteiger partial charge in [-0.05, 0) is 43.7 Å². The third-order valence-electron chi connectivity index (χ3n) is 4.15. The van der Waals surface area contributed by atoms with Crippen LogP contribution in [0.4, 0.5) is 4.39 Å². The second-order valence-electron chi connectivity index (χ2n) is 6.13. The molecular weight excluding hydrogens is 465 g/mol. The van der Waals surface area contributed by atoms with Crippen molar-refractivity contribution in [3.05, 3.63) is 57.6 Å². The molecule has 1 heterocycles. The molecule has 0 saturated heterocycles. The van der Waals surface area contributed by atoms with Gasteiger partial charge in [0.05, 0.1) is 12.4 Å². The molecule has 0 radical (unpaired) electrons. The van der Waals surface area contributed by atoms with Crippen molar-refractivity contribution in [3.8, 4) is 12.8 Å². The maximum absolute atomic E-state index is 13.8. The van der Waals surface area contributed by atoms with Gasteiger partial charge in [-0.15, -0.1) is 12.8 Å². The minimum absolute atomic E-state index is 0.0881. The smallest absolute Gasteiger partial charge is 0.275 e. The Bertz CT molecular complexity index is 961. The number of allylic oxidation sites excluding steroid dienone is 2. The van der Waals surface area contributed by atoms with E-state index >= 15 is 0 Å². The first-order chi connectivity index (χ1) is 14.9. The molecule has 0 saturated carbocycles. The number of carbonyl (C=O) groups is 2. The molecule has 0 bridgehead atoms. The Balaban J connectivity index is 0.00000233. The number of halogens is 2. The number of terminal acetylenes is 1. The van der Waals surface area contributed by atoms with E-state index < -0.39 is 0 Å². The van der Waals surface area contributed by atoms with Crippen LogP contribution in [-0.2, 0) is 11.2 Å². The van der Waals surface area contributed by atoms with Crippen molar-refractivity contribution in [2.45, 2.75) is 20.3 Å². The Hall–Kier alpha value is -3.25. The van der Waals surface area contributed by atoms with E-state index in [0.717, 1.165) is 5.56 Å². The third-order valence-corrected chi connectivity index (χ3v) is 4.60. The minimum Gasteiger partial charge on any atom is -0.341 e. The molecule has 9 heteroatoms. The summed E-state index contributed by atoms with van der Waals surface area (Å²) in [5, 5.41) is 6.95. The van der Waals surface area contributed by atoms with E-state index in [9.17, 15) is 14.0 Å². The minimum atomic E-state index is -0.352. The number of rotatable bonds is 9. The molecule has 164 valence electrons. The highest BCUT2D eigenvalue weighted by Crippen LogP contribution is 2.20. The average molecular weight is 490 g/mol. The van der Waals surface area contributed by atoms with Crippen molar-refractivity contribution in [2.24, 2.45) is 4.99 Å². The zero-order chi connectivity index (χ0) is 23.4. The van der Waals surface area contributed by atoms with E-state index in [0.29, 0.717) is 35.2 Å². The van der Waals surface area contributed by atoms with Gasteiger partial charge >= 0.3 is 0 Å². The number of aliphatic imine (C=N–C) groups is 1. The number of hydrogen-bond acceptors (Lipinski definition) is 4. The lowest BCUT2D eigenvalue weighted by Crippen LogP contribution is -2.38. The van der Waals surface area contributed by atoms with Gasteiger partial charge in [-0.25, -0.2) is 9.07 Å². The maximum atomic E-state index is 13.8. The third kappa shape index (κ3) is 7.19. The summed E-state index contributed by atoms with van der Waals surface area (Å²) in [4.78, 5) is 28.9. The maximum Gasteiger partial charge on any atom is 0.275 e. The highest BCUT2D eigenvalue weighted by Gasteiger charge is 2.20. The number of amides is 2. The lowest BCUT2D eigenvalue weighted by Gasteiger charge is -2.18. The SMILES string of the molecule is C#C.C/C=C(\C=NC)n1nc(C(=O)N(CC)CNC=O)cc1Cc1cc(F)cc(Br)c1. The zero-order valence-electron chi connectivity index (χ0n) is 17.7. The summed E-state index contributed by atoms with van der Waals surface area (Å²) in [6.07, 6.45) is 12.4. The Labute approximate surface area is 190 Å². The zero-order valence-corrected chi connectivity index (χ0v) is 19.3. The van der Waals surface area contributed by atoms with Gasteiger partial charge in [0.15, 0.2) is 5.69 Å². The lowest BCUT2D eigenvalue weighted by molar-refractivity contribution is -0.109. The summed E-state index contributed by atoms with van der Waals surface area (Å²) in [5.41, 5.74) is 2.36. The highest BCUT2D eigenvalue weighted by atomic mass is 79.9. The molecule has 1 N–H and O–H groups in total. The van der Waals surface area contributed by atoms with Gasteiger partial charge in [0.2, 0.25) is 6.41 Å². The summed E-state index contributed by atoms with van der Waals surface area (Å²) in [5.74, 6) is -0.665. The van der Waals surface area contributed by atoms with Crippen molar-refractivity contribution >= 4 is 40.2 Å². The molecule has 7 nitrogen and oxygen atoms in total. The van der Waals surface area contributed by atoms with Crippen LogP contribution in [0.2, 0.25) is 0 Å². The van der Waals surface area contributed by atoms with Gasteiger partial charge < -0.3 is 10.2 Å². The molecule has 0 aliphatic heterocycles. The van der Waals surface area contributed by atoms with Crippen LogP contribution < -0.4 is 5.32 Å². The van der Waals surface area contributed by atoms with Crippen LogP contribution >= 0.6 is 15.9 Å². The number of nitrogens with one attached hydrogen (secondary N) is 1. The lowest BCUT2D eigenvalue weighted by atomic mass is 10.1. The van der Waals surface area contributed by atoms with Crippen LogP contribution in [0.25, 0.3) is 5.70 Å². The summed E-state index contributed by atoms with van der Waals surface area (Å²) in [6, 6.07) is 6.32. The quantitative estimate of drug-likeness (QED) is 0.254. The van der Waals surface area contributed by atoms with Crippen LogP contribution in [0.3, 0.4) is 0 Å². The molecule has 0 unspecified atom stereocenters. The number of carbonyl (C=O) groups excluding carboxylic acids is 2. The van der Waals surface area contributed by atoms with E-state index in [1.807, 2.05) is 26.0 Å². The summed E-state index contributed by atoms with van der Waals surface area (Å²) >= 11 is 3.30. The fourth-order valence-electron chi connectivity index (χ4n) is 2.82. The van der Waals surface area contributed by atoms with Crippen LogP contribution in [0, 0.1) is 18.7 Å². The van der Waals surface area contributed by atoms with Crippen molar-refractivity contribution < 1.29 is 14.0 Å². The first kappa shape index (κ1) is 25.8. The Morgan fingerprint density at radius 2 is 2.06 bits per heavy atom. The fraction of sp³-hybridized carbons (Fsp3) is 0.273. The fourth-order valence-corrected chi connectivity index (χ4v) is 3.33. The molecule has 2 aromatic rings. The number of aromatic nitrogens is 2. The topological polar surface area (TPSA) is 79.6 Å². The van der Waals surface area contributed by atoms with Crippen molar-refractivity contribution in [2.75, 3.05) is 20.3 Å². The number of nitrogens with zero attached hydrogens (tertiary/aromatic N) is 4.